The number of carbonyl (C=O) groups excluding carboxylic acids is 1. The van der Waals surface area contributed by atoms with Crippen LogP contribution in [0.25, 0.3) is 0 Å². The quantitative estimate of drug-likeness (QED) is 0.802. The molecule has 1 rings (SSSR count). The van der Waals surface area contributed by atoms with E-state index in [4.69, 9.17) is 9.84 Å². The van der Waals surface area contributed by atoms with Crippen LogP contribution in [-0.4, -0.2) is 31.3 Å². The van der Waals surface area contributed by atoms with Crippen molar-refractivity contribution in [2.45, 2.75) is 20.3 Å². The van der Waals surface area contributed by atoms with Crippen LogP contribution in [0.15, 0.2) is 12.1 Å². The molecule has 0 spiro atoms. The number of hydrogen-bond donors (Lipinski definition) is 2. The van der Waals surface area contributed by atoms with Gasteiger partial charge in [0, 0.05) is 12.1 Å². The summed E-state index contributed by atoms with van der Waals surface area (Å²) in [5, 5.41) is 11.2. The summed E-state index contributed by atoms with van der Waals surface area (Å²) in [6.07, 6.45) is 0.268. The molecule has 0 atom stereocenters. The van der Waals surface area contributed by atoms with E-state index >= 15 is 0 Å². The highest BCUT2D eigenvalue weighted by Gasteiger charge is 2.10. The Kier molecular flexibility index (Phi) is 4.97. The van der Waals surface area contributed by atoms with Gasteiger partial charge in [0.1, 0.15) is 5.75 Å². The zero-order chi connectivity index (χ0) is 12.8. The predicted molar refractivity (Wildman–Crippen MR) is 66.3 cm³/mol. The standard InChI is InChI=1S/C13H19NO3/c1-9-6-11(8-13(16)14-4-5-15)12(17-3)7-10(9)2/h6-7,15H,4-5,8H2,1-3H3,(H,14,16). The third kappa shape index (κ3) is 3.75. The van der Waals surface area contributed by atoms with E-state index in [-0.39, 0.29) is 25.5 Å². The topological polar surface area (TPSA) is 58.6 Å². The van der Waals surface area contributed by atoms with Crippen molar-refractivity contribution in [1.82, 2.24) is 5.32 Å². The molecule has 4 heteroatoms. The van der Waals surface area contributed by atoms with Crippen molar-refractivity contribution in [2.75, 3.05) is 20.3 Å². The van der Waals surface area contributed by atoms with Crippen LogP contribution in [0.1, 0.15) is 16.7 Å². The largest absolute Gasteiger partial charge is 0.496 e. The van der Waals surface area contributed by atoms with Crippen LogP contribution in [0.2, 0.25) is 0 Å². The van der Waals surface area contributed by atoms with Crippen molar-refractivity contribution in [3.63, 3.8) is 0 Å². The third-order valence-electron chi connectivity index (χ3n) is 2.68. The van der Waals surface area contributed by atoms with Crippen LogP contribution in [0.3, 0.4) is 0 Å². The number of nitrogens with one attached hydrogen (secondary N) is 1. The van der Waals surface area contributed by atoms with Crippen LogP contribution in [0, 0.1) is 13.8 Å². The van der Waals surface area contributed by atoms with E-state index in [1.807, 2.05) is 26.0 Å². The third-order valence-corrected chi connectivity index (χ3v) is 2.68. The number of amides is 1. The fourth-order valence-corrected chi connectivity index (χ4v) is 1.61. The molecule has 2 N–H and O–H groups in total. The summed E-state index contributed by atoms with van der Waals surface area (Å²) < 4.78 is 5.26. The van der Waals surface area contributed by atoms with E-state index in [0.29, 0.717) is 0 Å². The molecule has 0 aliphatic carbocycles. The number of aliphatic hydroxyl groups excluding tert-OH is 1. The molecule has 0 saturated carbocycles. The molecule has 1 aromatic rings. The van der Waals surface area contributed by atoms with Crippen LogP contribution >= 0.6 is 0 Å². The van der Waals surface area contributed by atoms with Gasteiger partial charge in [-0.2, -0.15) is 0 Å². The Hall–Kier alpha value is -1.55. The van der Waals surface area contributed by atoms with Crippen LogP contribution in [0.5, 0.6) is 5.75 Å². The van der Waals surface area contributed by atoms with Gasteiger partial charge in [0.15, 0.2) is 0 Å². The molecule has 94 valence electrons. The van der Waals surface area contributed by atoms with E-state index in [2.05, 4.69) is 5.32 Å². The molecule has 17 heavy (non-hydrogen) atoms. The lowest BCUT2D eigenvalue weighted by Gasteiger charge is -2.11. The van der Waals surface area contributed by atoms with Gasteiger partial charge in [0.05, 0.1) is 20.1 Å². The smallest absolute Gasteiger partial charge is 0.224 e. The highest BCUT2D eigenvalue weighted by molar-refractivity contribution is 5.79. The Labute approximate surface area is 102 Å². The van der Waals surface area contributed by atoms with Gasteiger partial charge < -0.3 is 15.2 Å². The highest BCUT2D eigenvalue weighted by atomic mass is 16.5. The lowest BCUT2D eigenvalue weighted by atomic mass is 10.0. The van der Waals surface area contributed by atoms with Gasteiger partial charge in [-0.05, 0) is 31.0 Å². The molecular formula is C13H19NO3. The number of aryl methyl sites for hydroxylation is 2. The van der Waals surface area contributed by atoms with Crippen molar-refractivity contribution >= 4 is 5.91 Å². The second-order valence-electron chi connectivity index (χ2n) is 4.00. The van der Waals surface area contributed by atoms with Crippen molar-refractivity contribution in [3.05, 3.63) is 28.8 Å². The molecule has 0 heterocycles. The second kappa shape index (κ2) is 6.25. The van der Waals surface area contributed by atoms with E-state index in [1.54, 1.807) is 7.11 Å². The number of carbonyl (C=O) groups is 1. The van der Waals surface area contributed by atoms with Gasteiger partial charge in [-0.15, -0.1) is 0 Å². The molecule has 0 aliphatic rings. The number of benzene rings is 1. The van der Waals surface area contributed by atoms with Crippen LogP contribution in [-0.2, 0) is 11.2 Å². The average Bonchev–Trinajstić information content (AvgIpc) is 2.31. The minimum absolute atomic E-state index is 0.0458. The van der Waals surface area contributed by atoms with Gasteiger partial charge in [-0.3, -0.25) is 4.79 Å². The SMILES string of the molecule is COc1cc(C)c(C)cc1CC(=O)NCCO. The van der Waals surface area contributed by atoms with Gasteiger partial charge in [0.25, 0.3) is 0 Å². The molecule has 0 saturated heterocycles. The van der Waals surface area contributed by atoms with E-state index in [9.17, 15) is 4.79 Å². The summed E-state index contributed by atoms with van der Waals surface area (Å²) in [7, 11) is 1.60. The minimum Gasteiger partial charge on any atom is -0.496 e. The Morgan fingerprint density at radius 3 is 2.59 bits per heavy atom. The Balaban J connectivity index is 2.82. The van der Waals surface area contributed by atoms with Crippen molar-refractivity contribution in [3.8, 4) is 5.75 Å². The molecule has 0 aromatic heterocycles. The second-order valence-corrected chi connectivity index (χ2v) is 4.00. The van der Waals surface area contributed by atoms with Crippen LogP contribution in [0.4, 0.5) is 0 Å². The van der Waals surface area contributed by atoms with Crippen molar-refractivity contribution in [1.29, 1.82) is 0 Å². The fourth-order valence-electron chi connectivity index (χ4n) is 1.61. The maximum Gasteiger partial charge on any atom is 0.224 e. The van der Waals surface area contributed by atoms with E-state index in [0.717, 1.165) is 22.4 Å². The summed E-state index contributed by atoms with van der Waals surface area (Å²) in [6, 6.07) is 3.90. The fraction of sp³-hybridized carbons (Fsp3) is 0.462. The maximum atomic E-state index is 11.6. The van der Waals surface area contributed by atoms with Gasteiger partial charge in [0.2, 0.25) is 5.91 Å². The average molecular weight is 237 g/mol. The first-order valence-electron chi connectivity index (χ1n) is 5.60. The Morgan fingerprint density at radius 1 is 1.35 bits per heavy atom. The maximum absolute atomic E-state index is 11.6. The zero-order valence-corrected chi connectivity index (χ0v) is 10.5. The van der Waals surface area contributed by atoms with Crippen LogP contribution < -0.4 is 10.1 Å². The van der Waals surface area contributed by atoms with E-state index in [1.165, 1.54) is 0 Å². The van der Waals surface area contributed by atoms with E-state index < -0.39 is 0 Å². The lowest BCUT2D eigenvalue weighted by Crippen LogP contribution is -2.28. The molecule has 1 amide bonds. The lowest BCUT2D eigenvalue weighted by molar-refractivity contribution is -0.120. The normalized spacial score (nSPS) is 10.1. The monoisotopic (exact) mass is 237 g/mol. The van der Waals surface area contributed by atoms with Crippen molar-refractivity contribution < 1.29 is 14.6 Å². The summed E-state index contributed by atoms with van der Waals surface area (Å²) >= 11 is 0. The van der Waals surface area contributed by atoms with Gasteiger partial charge in [-0.1, -0.05) is 6.07 Å². The molecule has 4 nitrogen and oxygen atoms in total. The van der Waals surface area contributed by atoms with Gasteiger partial charge >= 0.3 is 0 Å². The summed E-state index contributed by atoms with van der Waals surface area (Å²) in [4.78, 5) is 11.6. The first-order chi connectivity index (χ1) is 8.08. The molecule has 0 fully saturated rings. The molecule has 0 aliphatic heterocycles. The molecule has 0 radical (unpaired) electrons. The minimum atomic E-state index is -0.111. The number of ether oxygens (including phenoxy) is 1. The number of aliphatic hydroxyl groups is 1. The summed E-state index contributed by atoms with van der Waals surface area (Å²) in [5.74, 6) is 0.618. The molecule has 1 aromatic carbocycles. The number of hydrogen-bond acceptors (Lipinski definition) is 3. The van der Waals surface area contributed by atoms with Gasteiger partial charge in [-0.25, -0.2) is 0 Å². The zero-order valence-electron chi connectivity index (χ0n) is 10.5. The molecular weight excluding hydrogens is 218 g/mol. The number of methoxy groups -OCH3 is 1. The highest BCUT2D eigenvalue weighted by Crippen LogP contribution is 2.23. The van der Waals surface area contributed by atoms with Crippen molar-refractivity contribution in [2.24, 2.45) is 0 Å². The predicted octanol–water partition coefficient (Wildman–Crippen LogP) is 0.963. The summed E-state index contributed by atoms with van der Waals surface area (Å²) in [6.45, 7) is 4.25. The Morgan fingerprint density at radius 2 is 2.00 bits per heavy atom. The first-order valence-corrected chi connectivity index (χ1v) is 5.60. The summed E-state index contributed by atoms with van der Waals surface area (Å²) in [5.41, 5.74) is 3.14. The molecule has 0 bridgehead atoms. The molecule has 0 unspecified atom stereocenters. The Bertz CT molecular complexity index is 402. The first kappa shape index (κ1) is 13.5. The number of rotatable bonds is 5.